The lowest BCUT2D eigenvalue weighted by molar-refractivity contribution is -0.347. The van der Waals surface area contributed by atoms with Crippen LogP contribution in [0.25, 0.3) is 57.6 Å². The van der Waals surface area contributed by atoms with Crippen molar-refractivity contribution in [2.75, 3.05) is 17.8 Å². The zero-order valence-corrected chi connectivity index (χ0v) is 70.9. The predicted molar refractivity (Wildman–Crippen MR) is 477 cm³/mol. The average Bonchev–Trinajstić information content (AvgIpc) is 0.933. The van der Waals surface area contributed by atoms with Gasteiger partial charge in [-0.2, -0.15) is 16.8 Å². The zero-order valence-electron chi connectivity index (χ0n) is 61.3. The normalized spacial score (nSPS) is 12.8. The molecule has 0 fully saturated rings. The van der Waals surface area contributed by atoms with Crippen LogP contribution in [0.5, 0.6) is 0 Å². The minimum Gasteiger partial charge on any atom is -1.00 e. The van der Waals surface area contributed by atoms with Gasteiger partial charge in [-0.3, -0.25) is 9.11 Å². The Balaban J connectivity index is 0.00000158. The highest BCUT2D eigenvalue weighted by Crippen LogP contribution is 2.45. The molecular weight excluding hydrogens is 1710 g/mol. The van der Waals surface area contributed by atoms with Crippen LogP contribution in [0, 0.1) is 6.92 Å². The van der Waals surface area contributed by atoms with Crippen LogP contribution in [0.15, 0.2) is 341 Å². The van der Waals surface area contributed by atoms with E-state index in [9.17, 15) is 16.8 Å². The summed E-state index contributed by atoms with van der Waals surface area (Å²) in [5.74, 6) is 0. The Labute approximate surface area is 722 Å². The van der Waals surface area contributed by atoms with Gasteiger partial charge in [-0.25, -0.2) is 4.99 Å². The summed E-state index contributed by atoms with van der Waals surface area (Å²) in [6.07, 6.45) is 22.6. The van der Waals surface area contributed by atoms with Gasteiger partial charge in [0.05, 0.1) is 17.5 Å². The number of allylic oxidation sites excluding steroid dienone is 12. The van der Waals surface area contributed by atoms with E-state index in [-0.39, 0.29) is 47.1 Å². The molecule has 1 aliphatic heterocycles. The molecular formula is C87H91Cl4N2O15S8+. The Morgan fingerprint density at radius 2 is 0.716 bits per heavy atom. The molecule has 29 heteroatoms. The van der Waals surface area contributed by atoms with Crippen LogP contribution in [0.4, 0.5) is 11.4 Å². The van der Waals surface area contributed by atoms with E-state index in [1.165, 1.54) is 90.5 Å². The van der Waals surface area contributed by atoms with E-state index in [1.54, 1.807) is 0 Å². The van der Waals surface area contributed by atoms with E-state index in [0.29, 0.717) is 12.5 Å². The van der Waals surface area contributed by atoms with Gasteiger partial charge in [0.15, 0.2) is 6.21 Å². The summed E-state index contributed by atoms with van der Waals surface area (Å²) >= 11 is 19.0. The van der Waals surface area contributed by atoms with Crippen molar-refractivity contribution < 1.29 is 93.6 Å². The molecule has 17 nitrogen and oxygen atoms in total. The van der Waals surface area contributed by atoms with Crippen molar-refractivity contribution in [3.8, 4) is 41.8 Å². The molecule has 0 saturated carbocycles. The molecule has 4 N–H and O–H groups in total. The Hall–Kier alpha value is -9.52. The Bertz CT molecular complexity index is 5300. The largest absolute Gasteiger partial charge is 1.00 e. The monoisotopic (exact) mass is 1800 g/mol. The van der Waals surface area contributed by atoms with E-state index in [0.717, 1.165) is 58.3 Å². The summed E-state index contributed by atoms with van der Waals surface area (Å²) in [6, 6.07) is 92.9. The lowest BCUT2D eigenvalue weighted by Crippen LogP contribution is -3.00. The van der Waals surface area contributed by atoms with Gasteiger partial charge in [-0.1, -0.05) is 265 Å². The van der Waals surface area contributed by atoms with E-state index in [4.69, 9.17) is 70.2 Å². The van der Waals surface area contributed by atoms with Crippen molar-refractivity contribution in [3.05, 3.63) is 364 Å². The first-order chi connectivity index (χ1) is 53.0. The molecule has 0 atom stereocenters. The first-order valence-corrected chi connectivity index (χ1v) is 43.5. The molecule has 0 amide bonds. The second-order valence-corrected chi connectivity index (χ2v) is 31.2. The topological polar surface area (TPSA) is 288 Å². The molecule has 2 aliphatic carbocycles. The number of rotatable bonds is 13. The molecule has 0 bridgehead atoms. The molecule has 0 spiro atoms. The second kappa shape index (κ2) is 57.5. The van der Waals surface area contributed by atoms with E-state index in [2.05, 4.69) is 260 Å². The lowest BCUT2D eigenvalue weighted by atomic mass is 10.1. The fourth-order valence-corrected chi connectivity index (χ4v) is 14.2. The van der Waals surface area contributed by atoms with Crippen LogP contribution in [0.1, 0.15) is 84.1 Å². The van der Waals surface area contributed by atoms with Crippen molar-refractivity contribution >= 4 is 143 Å². The predicted octanol–water partition coefficient (Wildman–Crippen LogP) is 15.7. The van der Waals surface area contributed by atoms with Gasteiger partial charge in [-0.05, 0) is 150 Å². The highest BCUT2D eigenvalue weighted by Gasteiger charge is 2.22. The fourth-order valence-electron chi connectivity index (χ4n) is 10.1. The molecule has 3 heterocycles. The molecule has 3 aliphatic rings. The van der Waals surface area contributed by atoms with Crippen molar-refractivity contribution in [3.63, 3.8) is 0 Å². The van der Waals surface area contributed by atoms with Crippen LogP contribution in [-0.2, 0) is 52.1 Å². The summed E-state index contributed by atoms with van der Waals surface area (Å²) in [5.41, 5.74) is 17.9. The lowest BCUT2D eigenvalue weighted by Gasteiger charge is -2.17. The SMILES string of the molecule is C.C.C.CC.CS(=O)(=O)O.CS(=O)(=O)O.Cc1cc(-c2ccccc2)[s+]c(-c2ccccc2)c1.ClC1=C(/C=C/c2cc(-c3ccccc3)[s+]c(-c3ccccc3)c2)CC/C1=C\C=C1C=C(c2ccccc2)SC(c2ccccc2)=C1.ClC1=C(C=[NH+]c2ccccc2)CC/C1=C\Nc1ccccc1.O=S(=O)=O.O=S(=O)=O.O=S(=O)=O.[Cl-].[Cl-]. The van der Waals surface area contributed by atoms with Crippen molar-refractivity contribution in [2.45, 2.75) is 68.7 Å². The molecule has 10 aromatic rings. The van der Waals surface area contributed by atoms with Gasteiger partial charge >= 0.3 is 31.8 Å². The highest BCUT2D eigenvalue weighted by molar-refractivity contribution is 8.16. The van der Waals surface area contributed by atoms with Gasteiger partial charge in [-0.15, -0.1) is 37.9 Å². The molecule has 116 heavy (non-hydrogen) atoms. The molecule has 0 radical (unpaired) electrons. The number of benzene rings is 8. The molecule has 13 rings (SSSR count). The first-order valence-electron chi connectivity index (χ1n) is 33.6. The van der Waals surface area contributed by atoms with Crippen molar-refractivity contribution in [1.82, 2.24) is 0 Å². The maximum Gasteiger partial charge on any atom is 0.425 e. The Kier molecular flexibility index (Phi) is 52.8. The van der Waals surface area contributed by atoms with E-state index in [1.807, 2.05) is 121 Å². The summed E-state index contributed by atoms with van der Waals surface area (Å²) in [6.45, 7) is 6.16. The molecule has 0 saturated heterocycles. The molecule has 0 unspecified atom stereocenters. The number of aryl methyl sites for hydroxylation is 1. The number of anilines is 1. The average molecular weight is 1800 g/mol. The third kappa shape index (κ3) is 43.4. The van der Waals surface area contributed by atoms with Gasteiger partial charge in [0.25, 0.3) is 20.2 Å². The maximum atomic E-state index is 9.19. The third-order valence-electron chi connectivity index (χ3n) is 14.7. The number of thioether (sulfide) groups is 1. The number of para-hydroxylation sites is 2. The van der Waals surface area contributed by atoms with Crippen molar-refractivity contribution in [2.24, 2.45) is 0 Å². The number of nitrogens with one attached hydrogen (secondary N) is 2. The fraction of sp³-hybridized carbons (Fsp3) is 0.138. The summed E-state index contributed by atoms with van der Waals surface area (Å²) in [7, 11) is -16.7. The number of hydrogen-bond acceptors (Lipinski definition) is 15. The van der Waals surface area contributed by atoms with Crippen LogP contribution in [0.2, 0.25) is 0 Å². The van der Waals surface area contributed by atoms with Crippen LogP contribution >= 0.6 is 57.6 Å². The smallest absolute Gasteiger partial charge is 0.425 e. The van der Waals surface area contributed by atoms with E-state index >= 15 is 0 Å². The minimum absolute atomic E-state index is 0. The third-order valence-corrected chi connectivity index (χ3v) is 19.1. The van der Waals surface area contributed by atoms with Gasteiger partial charge in [0.2, 0.25) is 47.9 Å². The Morgan fingerprint density at radius 3 is 1.07 bits per heavy atom. The standard InChI is InChI=1S/C43H32ClS2.C19H17ClN2.C18H15S.C2H6.2CH4O3S.3CH4.2ClH.3O3S/c44-43-37(23-21-31-27-39(33-13-5-1-6-14-33)45-40(28-31)34-15-7-2-8-16-34)25-26-38(43)24-22-32-29-41(35-17-9-3-10-18-35)46-42(30-32)36-19-11-4-12-20-36;20-19-15(13-21-17-7-3-1-4-8-17)11-12-16(19)14-22-18-9-5-2-6-10-18;1-14-12-17(15-8-4-2-5-9-15)19-18(13-14)16-10-6-3-7-11-16;1-2;2*1-5(2,3)4;;;;;;3*1-4(2)3/h1-24,27-30H,25-26H2;1-10,13-14,21H,11-12H2;2-13H,1H3;1-2H3;2*1H3,(H,2,3,4);3*1H4;2*1H;;;/q+1;;+1;;;;;;;;;;;/p-1/b;15-13+,22-14?;;;;;;;;;;;;. The Morgan fingerprint density at radius 1 is 0.422 bits per heavy atom. The molecule has 8 aromatic carbocycles. The number of hydrogen-bond donors (Lipinski definition) is 4. The van der Waals surface area contributed by atoms with Crippen LogP contribution in [-0.4, -0.2) is 82.5 Å². The maximum absolute atomic E-state index is 9.19. The van der Waals surface area contributed by atoms with Crippen molar-refractivity contribution in [1.29, 1.82) is 0 Å². The minimum atomic E-state index is -3.67. The quantitative estimate of drug-likeness (QED) is 0.0474. The molecule has 614 valence electrons. The first kappa shape index (κ1) is 106. The van der Waals surface area contributed by atoms with Gasteiger partial charge in [0.1, 0.15) is 0 Å². The highest BCUT2D eigenvalue weighted by atomic mass is 35.5. The zero-order chi connectivity index (χ0) is 81.1. The van der Waals surface area contributed by atoms with Crippen LogP contribution in [0.3, 0.4) is 0 Å². The second-order valence-electron chi connectivity index (χ2n) is 23.1. The summed E-state index contributed by atoms with van der Waals surface area (Å²) in [4.78, 5) is 10.9. The molecule has 2 aromatic heterocycles. The van der Waals surface area contributed by atoms with E-state index < -0.39 is 52.1 Å². The summed E-state index contributed by atoms with van der Waals surface area (Å²) in [5, 5.41) is 5.00. The van der Waals surface area contributed by atoms with Gasteiger partial charge in [0, 0.05) is 91.0 Å². The van der Waals surface area contributed by atoms with Crippen LogP contribution < -0.4 is 35.1 Å². The van der Waals surface area contributed by atoms with Gasteiger partial charge < -0.3 is 30.1 Å². The number of halogens is 4. The summed E-state index contributed by atoms with van der Waals surface area (Å²) < 4.78 is 128.